The van der Waals surface area contributed by atoms with Crippen LogP contribution in [0.2, 0.25) is 0 Å². The maximum atomic E-state index is 12.8. The maximum absolute atomic E-state index is 12.8. The number of rotatable bonds is 52. The van der Waals surface area contributed by atoms with Gasteiger partial charge in [0.05, 0.1) is 0 Å². The van der Waals surface area contributed by atoms with Gasteiger partial charge >= 0.3 is 17.9 Å². The van der Waals surface area contributed by atoms with Gasteiger partial charge in [0.25, 0.3) is 0 Å². The van der Waals surface area contributed by atoms with Crippen molar-refractivity contribution in [1.29, 1.82) is 0 Å². The second kappa shape index (κ2) is 55.0. The van der Waals surface area contributed by atoms with Gasteiger partial charge in [-0.2, -0.15) is 0 Å². The quantitative estimate of drug-likeness (QED) is 0.0262. The lowest BCUT2D eigenvalue weighted by Gasteiger charge is -2.18. The predicted molar refractivity (Wildman–Crippen MR) is 284 cm³/mol. The van der Waals surface area contributed by atoms with E-state index in [9.17, 15) is 14.4 Å². The Labute approximate surface area is 409 Å². The van der Waals surface area contributed by atoms with Crippen LogP contribution in [0, 0.1) is 0 Å². The first-order valence-corrected chi connectivity index (χ1v) is 28.7. The highest BCUT2D eigenvalue weighted by Gasteiger charge is 2.19. The van der Waals surface area contributed by atoms with Gasteiger partial charge in [0.1, 0.15) is 13.2 Å². The van der Waals surface area contributed by atoms with E-state index in [1.54, 1.807) is 0 Å². The largest absolute Gasteiger partial charge is 0.462 e. The molecule has 0 saturated carbocycles. The molecule has 0 heterocycles. The molecule has 0 aromatic rings. The molecular formula is C60H108O6. The van der Waals surface area contributed by atoms with Gasteiger partial charge in [-0.1, -0.05) is 256 Å². The summed E-state index contributed by atoms with van der Waals surface area (Å²) in [4.78, 5) is 38.1. The summed E-state index contributed by atoms with van der Waals surface area (Å²) in [5.41, 5.74) is 0. The molecule has 0 aliphatic carbocycles. The molecular weight excluding hydrogens is 817 g/mol. The van der Waals surface area contributed by atoms with E-state index in [4.69, 9.17) is 14.2 Å². The number of carbonyl (C=O) groups excluding carboxylic acids is 3. The zero-order valence-electron chi connectivity index (χ0n) is 44.0. The lowest BCUT2D eigenvalue weighted by Crippen LogP contribution is -2.30. The Bertz CT molecular complexity index is 1150. The second-order valence-corrected chi connectivity index (χ2v) is 19.3. The fourth-order valence-electron chi connectivity index (χ4n) is 8.25. The summed E-state index contributed by atoms with van der Waals surface area (Å²) in [5, 5.41) is 0. The first kappa shape index (κ1) is 63.4. The molecule has 0 amide bonds. The number of hydrogen-bond acceptors (Lipinski definition) is 6. The zero-order valence-corrected chi connectivity index (χ0v) is 44.0. The smallest absolute Gasteiger partial charge is 0.306 e. The van der Waals surface area contributed by atoms with Gasteiger partial charge in [-0.15, -0.1) is 0 Å². The van der Waals surface area contributed by atoms with Crippen LogP contribution in [0.1, 0.15) is 297 Å². The van der Waals surface area contributed by atoms with Crippen LogP contribution in [0.25, 0.3) is 0 Å². The van der Waals surface area contributed by atoms with Gasteiger partial charge in [0, 0.05) is 19.3 Å². The van der Waals surface area contributed by atoms with Gasteiger partial charge in [0.15, 0.2) is 6.10 Å². The van der Waals surface area contributed by atoms with Crippen molar-refractivity contribution in [2.24, 2.45) is 0 Å². The van der Waals surface area contributed by atoms with E-state index in [0.29, 0.717) is 19.3 Å². The van der Waals surface area contributed by atoms with Crippen LogP contribution < -0.4 is 0 Å². The SMILES string of the molecule is CCCCC/C=C\C=C/CCCCCCCCCCCCC(=O)OCC(COC(=O)CCCCCCCCCCCCCCCC)OC(=O)CCCCCCCC/C=C\C=C/CCCCC. The highest BCUT2D eigenvalue weighted by molar-refractivity contribution is 5.71. The van der Waals surface area contributed by atoms with Gasteiger partial charge in [-0.25, -0.2) is 0 Å². The van der Waals surface area contributed by atoms with E-state index < -0.39 is 6.10 Å². The second-order valence-electron chi connectivity index (χ2n) is 19.3. The van der Waals surface area contributed by atoms with E-state index in [1.165, 1.54) is 193 Å². The fraction of sp³-hybridized carbons (Fsp3) is 0.817. The van der Waals surface area contributed by atoms with Crippen LogP contribution >= 0.6 is 0 Å². The van der Waals surface area contributed by atoms with Crippen molar-refractivity contribution >= 4 is 17.9 Å². The van der Waals surface area contributed by atoms with Gasteiger partial charge < -0.3 is 14.2 Å². The lowest BCUT2D eigenvalue weighted by atomic mass is 10.0. The Morgan fingerprint density at radius 2 is 0.530 bits per heavy atom. The minimum Gasteiger partial charge on any atom is -0.462 e. The molecule has 1 atom stereocenters. The number of allylic oxidation sites excluding steroid dienone is 8. The molecule has 384 valence electrons. The zero-order chi connectivity index (χ0) is 47.9. The molecule has 0 aromatic heterocycles. The molecule has 0 spiro atoms. The van der Waals surface area contributed by atoms with Gasteiger partial charge in [-0.3, -0.25) is 14.4 Å². The number of hydrogen-bond donors (Lipinski definition) is 0. The topological polar surface area (TPSA) is 78.9 Å². The van der Waals surface area contributed by atoms with Crippen molar-refractivity contribution in [2.45, 2.75) is 303 Å². The molecule has 66 heavy (non-hydrogen) atoms. The van der Waals surface area contributed by atoms with E-state index in [-0.39, 0.29) is 31.1 Å². The predicted octanol–water partition coefficient (Wildman–Crippen LogP) is 19.0. The van der Waals surface area contributed by atoms with Gasteiger partial charge in [0.2, 0.25) is 0 Å². The number of carbonyl (C=O) groups is 3. The summed E-state index contributed by atoms with van der Waals surface area (Å²) in [5.74, 6) is -0.877. The highest BCUT2D eigenvalue weighted by Crippen LogP contribution is 2.16. The number of ether oxygens (including phenoxy) is 3. The Balaban J connectivity index is 4.35. The van der Waals surface area contributed by atoms with E-state index in [0.717, 1.165) is 64.2 Å². The van der Waals surface area contributed by atoms with E-state index >= 15 is 0 Å². The summed E-state index contributed by atoms with van der Waals surface area (Å²) >= 11 is 0. The van der Waals surface area contributed by atoms with Crippen molar-refractivity contribution in [3.05, 3.63) is 48.6 Å². The van der Waals surface area contributed by atoms with E-state index in [1.807, 2.05) is 0 Å². The van der Waals surface area contributed by atoms with Crippen molar-refractivity contribution < 1.29 is 28.6 Å². The number of esters is 3. The summed E-state index contributed by atoms with van der Waals surface area (Å²) in [6.45, 7) is 6.60. The molecule has 0 aromatic carbocycles. The molecule has 0 saturated heterocycles. The third kappa shape index (κ3) is 52.3. The van der Waals surface area contributed by atoms with Crippen LogP contribution in [-0.4, -0.2) is 37.2 Å². The summed E-state index contributed by atoms with van der Waals surface area (Å²) in [6, 6.07) is 0. The third-order valence-electron chi connectivity index (χ3n) is 12.6. The summed E-state index contributed by atoms with van der Waals surface area (Å²) < 4.78 is 16.9. The lowest BCUT2D eigenvalue weighted by molar-refractivity contribution is -0.167. The average molecular weight is 926 g/mol. The fourth-order valence-corrected chi connectivity index (χ4v) is 8.25. The molecule has 0 N–H and O–H groups in total. The summed E-state index contributed by atoms with van der Waals surface area (Å²) in [7, 11) is 0. The highest BCUT2D eigenvalue weighted by atomic mass is 16.6. The molecule has 0 fully saturated rings. The maximum Gasteiger partial charge on any atom is 0.306 e. The Kier molecular flexibility index (Phi) is 52.8. The van der Waals surface area contributed by atoms with Crippen LogP contribution in [-0.2, 0) is 28.6 Å². The Morgan fingerprint density at radius 3 is 0.833 bits per heavy atom. The minimum absolute atomic E-state index is 0.0759. The van der Waals surface area contributed by atoms with Crippen molar-refractivity contribution in [2.75, 3.05) is 13.2 Å². The number of unbranched alkanes of at least 4 members (excludes halogenated alkanes) is 35. The van der Waals surface area contributed by atoms with Crippen LogP contribution in [0.15, 0.2) is 48.6 Å². The first-order valence-electron chi connectivity index (χ1n) is 28.7. The van der Waals surface area contributed by atoms with Crippen molar-refractivity contribution in [1.82, 2.24) is 0 Å². The standard InChI is InChI=1S/C60H108O6/c1-4-7-10-13-16-19-22-25-28-29-30-31-33-35-38-41-44-47-50-53-59(62)65-56-57(55-64-58(61)52-49-46-43-40-37-34-27-24-21-18-15-12-9-6-3)66-60(63)54-51-48-45-42-39-36-32-26-23-20-17-14-11-8-5-2/h16-17,19-20,22-23,25-26,57H,4-15,18,21,24,27-56H2,1-3H3/b19-16-,20-17-,25-22-,26-23-. The average Bonchev–Trinajstić information content (AvgIpc) is 3.31. The Morgan fingerprint density at radius 1 is 0.303 bits per heavy atom. The van der Waals surface area contributed by atoms with Crippen molar-refractivity contribution in [3.63, 3.8) is 0 Å². The van der Waals surface area contributed by atoms with Gasteiger partial charge in [-0.05, 0) is 70.6 Å². The van der Waals surface area contributed by atoms with Crippen LogP contribution in [0.5, 0.6) is 0 Å². The summed E-state index contributed by atoms with van der Waals surface area (Å²) in [6.07, 6.45) is 66.6. The molecule has 6 nitrogen and oxygen atoms in total. The molecule has 0 bridgehead atoms. The minimum atomic E-state index is -0.778. The molecule has 0 radical (unpaired) electrons. The normalized spacial score (nSPS) is 12.3. The third-order valence-corrected chi connectivity index (χ3v) is 12.6. The molecule has 6 heteroatoms. The molecule has 0 rings (SSSR count). The van der Waals surface area contributed by atoms with Crippen molar-refractivity contribution in [3.8, 4) is 0 Å². The Hall–Kier alpha value is -2.63. The van der Waals surface area contributed by atoms with Crippen LogP contribution in [0.4, 0.5) is 0 Å². The first-order chi connectivity index (χ1) is 32.5. The van der Waals surface area contributed by atoms with Crippen LogP contribution in [0.3, 0.4) is 0 Å². The van der Waals surface area contributed by atoms with E-state index in [2.05, 4.69) is 69.4 Å². The molecule has 0 aliphatic rings. The monoisotopic (exact) mass is 925 g/mol. The molecule has 1 unspecified atom stereocenters. The molecule has 0 aliphatic heterocycles.